The van der Waals surface area contributed by atoms with Gasteiger partial charge in [0.05, 0.1) is 5.69 Å². The van der Waals surface area contributed by atoms with Crippen LogP contribution in [0.1, 0.15) is 24.4 Å². The molecule has 2 aromatic rings. The Morgan fingerprint density at radius 3 is 2.69 bits per heavy atom. The summed E-state index contributed by atoms with van der Waals surface area (Å²) in [7, 11) is 0. The Morgan fingerprint density at radius 2 is 2.12 bits per heavy atom. The Hall–Kier alpha value is -1.63. The second-order valence-electron chi connectivity index (χ2n) is 3.46. The van der Waals surface area contributed by atoms with E-state index in [-0.39, 0.29) is 5.65 Å². The molecule has 0 saturated carbocycles. The standard InChI is InChI=1S/C9H9F3N4/c1-5(13)6-4-8-14-3-2-7(9(10,11)12)16(8)15-6/h2-5H,13H2,1H3. The van der Waals surface area contributed by atoms with Crippen LogP contribution in [0.2, 0.25) is 0 Å². The van der Waals surface area contributed by atoms with Gasteiger partial charge in [-0.3, -0.25) is 0 Å². The topological polar surface area (TPSA) is 56.2 Å². The number of alkyl halides is 3. The summed E-state index contributed by atoms with van der Waals surface area (Å²) in [5.41, 5.74) is 5.21. The number of fused-ring (bicyclic) bond motifs is 1. The molecule has 0 aliphatic rings. The van der Waals surface area contributed by atoms with Gasteiger partial charge in [0.15, 0.2) is 5.65 Å². The monoisotopic (exact) mass is 230 g/mol. The summed E-state index contributed by atoms with van der Waals surface area (Å²) in [6.07, 6.45) is -3.35. The van der Waals surface area contributed by atoms with Gasteiger partial charge in [0.25, 0.3) is 0 Å². The van der Waals surface area contributed by atoms with Gasteiger partial charge in [-0.2, -0.15) is 18.3 Å². The fourth-order valence-electron chi connectivity index (χ4n) is 1.35. The third-order valence-corrected chi connectivity index (χ3v) is 2.13. The maximum Gasteiger partial charge on any atom is 0.433 e. The number of hydrogen-bond acceptors (Lipinski definition) is 3. The molecule has 1 unspecified atom stereocenters. The lowest BCUT2D eigenvalue weighted by atomic mass is 10.2. The number of aromatic nitrogens is 3. The molecule has 2 aromatic heterocycles. The highest BCUT2D eigenvalue weighted by Crippen LogP contribution is 2.29. The molecule has 0 fully saturated rings. The molecule has 0 aliphatic heterocycles. The molecule has 0 amide bonds. The SMILES string of the molecule is CC(N)c1cc2nccc(C(F)(F)F)n2n1. The summed E-state index contributed by atoms with van der Waals surface area (Å²) >= 11 is 0. The van der Waals surface area contributed by atoms with E-state index in [1.807, 2.05) is 0 Å². The maximum absolute atomic E-state index is 12.6. The first-order valence-electron chi connectivity index (χ1n) is 4.57. The smallest absolute Gasteiger partial charge is 0.323 e. The molecule has 0 aromatic carbocycles. The number of hydrogen-bond donors (Lipinski definition) is 1. The molecule has 2 rings (SSSR count). The van der Waals surface area contributed by atoms with Crippen LogP contribution in [0.3, 0.4) is 0 Å². The third-order valence-electron chi connectivity index (χ3n) is 2.13. The van der Waals surface area contributed by atoms with Gasteiger partial charge < -0.3 is 5.73 Å². The van der Waals surface area contributed by atoms with Crippen LogP contribution in [0.4, 0.5) is 13.2 Å². The lowest BCUT2D eigenvalue weighted by Crippen LogP contribution is -2.13. The van der Waals surface area contributed by atoms with Gasteiger partial charge in [0.2, 0.25) is 0 Å². The van der Waals surface area contributed by atoms with E-state index in [4.69, 9.17) is 5.73 Å². The summed E-state index contributed by atoms with van der Waals surface area (Å²) in [5.74, 6) is 0. The lowest BCUT2D eigenvalue weighted by Gasteiger charge is -2.07. The molecular formula is C9H9F3N4. The third kappa shape index (κ3) is 1.73. The summed E-state index contributed by atoms with van der Waals surface area (Å²) in [5, 5.41) is 3.79. The Labute approximate surface area is 88.9 Å². The molecule has 7 heteroatoms. The Kier molecular flexibility index (Phi) is 2.34. The molecule has 16 heavy (non-hydrogen) atoms. The van der Waals surface area contributed by atoms with Crippen LogP contribution in [0.15, 0.2) is 18.3 Å². The van der Waals surface area contributed by atoms with Gasteiger partial charge in [0, 0.05) is 18.3 Å². The normalized spacial score (nSPS) is 14.3. The van der Waals surface area contributed by atoms with Crippen molar-refractivity contribution >= 4 is 5.65 Å². The molecule has 0 bridgehead atoms. The molecule has 86 valence electrons. The van der Waals surface area contributed by atoms with E-state index in [1.54, 1.807) is 6.92 Å². The molecule has 2 heterocycles. The summed E-state index contributed by atoms with van der Waals surface area (Å²) < 4.78 is 38.6. The minimum atomic E-state index is -4.46. The van der Waals surface area contributed by atoms with Crippen LogP contribution in [-0.2, 0) is 6.18 Å². The van der Waals surface area contributed by atoms with Crippen LogP contribution < -0.4 is 5.73 Å². The van der Waals surface area contributed by atoms with E-state index in [2.05, 4.69) is 10.1 Å². The van der Waals surface area contributed by atoms with Crippen molar-refractivity contribution in [2.45, 2.75) is 19.1 Å². The number of rotatable bonds is 1. The fourth-order valence-corrected chi connectivity index (χ4v) is 1.35. The van der Waals surface area contributed by atoms with Crippen LogP contribution in [0.5, 0.6) is 0 Å². The van der Waals surface area contributed by atoms with Gasteiger partial charge >= 0.3 is 6.18 Å². The predicted molar refractivity (Wildman–Crippen MR) is 50.6 cm³/mol. The Morgan fingerprint density at radius 1 is 1.44 bits per heavy atom. The highest BCUT2D eigenvalue weighted by Gasteiger charge is 2.34. The van der Waals surface area contributed by atoms with Crippen molar-refractivity contribution in [1.82, 2.24) is 14.6 Å². The quantitative estimate of drug-likeness (QED) is 0.812. The predicted octanol–water partition coefficient (Wildman–Crippen LogP) is 1.77. The molecule has 2 N–H and O–H groups in total. The lowest BCUT2D eigenvalue weighted by molar-refractivity contribution is -0.142. The molecule has 0 spiro atoms. The van der Waals surface area contributed by atoms with E-state index >= 15 is 0 Å². The van der Waals surface area contributed by atoms with E-state index in [1.165, 1.54) is 6.07 Å². The van der Waals surface area contributed by atoms with Crippen molar-refractivity contribution in [3.8, 4) is 0 Å². The largest absolute Gasteiger partial charge is 0.433 e. The van der Waals surface area contributed by atoms with Crippen LogP contribution in [0, 0.1) is 0 Å². The zero-order valence-electron chi connectivity index (χ0n) is 8.36. The van der Waals surface area contributed by atoms with Gasteiger partial charge in [-0.05, 0) is 13.0 Å². The van der Waals surface area contributed by atoms with Gasteiger partial charge in [-0.1, -0.05) is 0 Å². The molecule has 0 radical (unpaired) electrons. The Balaban J connectivity index is 2.68. The van der Waals surface area contributed by atoms with Crippen LogP contribution in [0.25, 0.3) is 5.65 Å². The van der Waals surface area contributed by atoms with Crippen molar-refractivity contribution in [2.24, 2.45) is 5.73 Å². The zero-order chi connectivity index (χ0) is 11.9. The van der Waals surface area contributed by atoms with Crippen molar-refractivity contribution in [3.63, 3.8) is 0 Å². The highest BCUT2D eigenvalue weighted by atomic mass is 19.4. The van der Waals surface area contributed by atoms with Crippen LogP contribution >= 0.6 is 0 Å². The van der Waals surface area contributed by atoms with Crippen molar-refractivity contribution in [3.05, 3.63) is 29.7 Å². The Bertz CT molecular complexity index is 515. The molecule has 1 atom stereocenters. The van der Waals surface area contributed by atoms with Gasteiger partial charge in [-0.15, -0.1) is 0 Å². The number of nitrogens with two attached hydrogens (primary N) is 1. The van der Waals surface area contributed by atoms with Gasteiger partial charge in [0.1, 0.15) is 5.69 Å². The van der Waals surface area contributed by atoms with E-state index in [0.29, 0.717) is 5.69 Å². The van der Waals surface area contributed by atoms with Crippen LogP contribution in [-0.4, -0.2) is 14.6 Å². The average molecular weight is 230 g/mol. The summed E-state index contributed by atoms with van der Waals surface area (Å²) in [6.45, 7) is 1.65. The fraction of sp³-hybridized carbons (Fsp3) is 0.333. The number of halogens is 3. The average Bonchev–Trinajstić information content (AvgIpc) is 2.58. The first-order valence-corrected chi connectivity index (χ1v) is 4.57. The highest BCUT2D eigenvalue weighted by molar-refractivity contribution is 5.41. The van der Waals surface area contributed by atoms with Gasteiger partial charge in [-0.25, -0.2) is 9.50 Å². The summed E-state index contributed by atoms with van der Waals surface area (Å²) in [4.78, 5) is 3.80. The second kappa shape index (κ2) is 3.44. The zero-order valence-corrected chi connectivity index (χ0v) is 8.36. The van der Waals surface area contributed by atoms with E-state index in [9.17, 15) is 13.2 Å². The number of nitrogens with zero attached hydrogens (tertiary/aromatic N) is 3. The van der Waals surface area contributed by atoms with E-state index in [0.717, 1.165) is 16.8 Å². The molecule has 4 nitrogen and oxygen atoms in total. The second-order valence-corrected chi connectivity index (χ2v) is 3.46. The first kappa shape index (κ1) is 10.9. The van der Waals surface area contributed by atoms with E-state index < -0.39 is 17.9 Å². The molecule has 0 aliphatic carbocycles. The maximum atomic E-state index is 12.6. The first-order chi connectivity index (χ1) is 7.39. The van der Waals surface area contributed by atoms with Crippen molar-refractivity contribution in [1.29, 1.82) is 0 Å². The molecular weight excluding hydrogens is 221 g/mol. The minimum absolute atomic E-state index is 0.141. The van der Waals surface area contributed by atoms with Crippen molar-refractivity contribution < 1.29 is 13.2 Å². The minimum Gasteiger partial charge on any atom is -0.323 e. The van der Waals surface area contributed by atoms with Crippen molar-refractivity contribution in [2.75, 3.05) is 0 Å². The molecule has 0 saturated heterocycles. The summed E-state index contributed by atoms with van der Waals surface area (Å²) in [6, 6.07) is 1.90.